The largest absolute Gasteiger partial charge is 0.481 e. The molecule has 1 aliphatic rings. The Labute approximate surface area is 141 Å². The highest BCUT2D eigenvalue weighted by Crippen LogP contribution is 2.21. The lowest BCUT2D eigenvalue weighted by molar-refractivity contribution is -0.143. The number of rotatable bonds is 10. The van der Waals surface area contributed by atoms with E-state index in [9.17, 15) is 14.7 Å². The van der Waals surface area contributed by atoms with Crippen molar-refractivity contribution in [2.75, 3.05) is 32.7 Å². The Morgan fingerprint density at radius 3 is 2.48 bits per heavy atom. The third-order valence-electron chi connectivity index (χ3n) is 4.98. The molecule has 1 heterocycles. The van der Waals surface area contributed by atoms with Crippen molar-refractivity contribution in [3.8, 4) is 0 Å². The van der Waals surface area contributed by atoms with Crippen LogP contribution in [-0.2, 0) is 9.59 Å². The zero-order valence-corrected chi connectivity index (χ0v) is 15.1. The molecule has 1 amide bonds. The highest BCUT2D eigenvalue weighted by molar-refractivity contribution is 5.79. The third kappa shape index (κ3) is 6.50. The molecule has 5 heteroatoms. The Bertz CT molecular complexity index is 369. The van der Waals surface area contributed by atoms with Crippen molar-refractivity contribution in [1.82, 2.24) is 9.80 Å². The molecule has 0 aromatic heterocycles. The van der Waals surface area contributed by atoms with Gasteiger partial charge < -0.3 is 14.9 Å². The van der Waals surface area contributed by atoms with Gasteiger partial charge in [0.25, 0.3) is 0 Å². The molecule has 0 aliphatic carbocycles. The molecular formula is C18H34N2O3. The van der Waals surface area contributed by atoms with Gasteiger partial charge in [0.15, 0.2) is 0 Å². The number of carboxylic acid groups (broad SMARTS) is 1. The molecule has 2 atom stereocenters. The minimum absolute atomic E-state index is 0.0857. The van der Waals surface area contributed by atoms with Crippen molar-refractivity contribution in [3.05, 3.63) is 0 Å². The lowest BCUT2D eigenvalue weighted by atomic mass is 9.94. The number of carbonyl (C=O) groups excluding carboxylic acids is 1. The summed E-state index contributed by atoms with van der Waals surface area (Å²) in [5.41, 5.74) is 0. The van der Waals surface area contributed by atoms with Gasteiger partial charge in [-0.1, -0.05) is 19.8 Å². The number of carboxylic acids is 1. The maximum atomic E-state index is 12.5. The van der Waals surface area contributed by atoms with Crippen molar-refractivity contribution in [2.24, 2.45) is 11.8 Å². The maximum Gasteiger partial charge on any atom is 0.306 e. The van der Waals surface area contributed by atoms with Crippen LogP contribution in [0.15, 0.2) is 0 Å². The second-order valence-corrected chi connectivity index (χ2v) is 6.62. The predicted octanol–water partition coefficient (Wildman–Crippen LogP) is 2.85. The molecule has 0 bridgehead atoms. The highest BCUT2D eigenvalue weighted by Gasteiger charge is 2.28. The lowest BCUT2D eigenvalue weighted by Crippen LogP contribution is -2.45. The van der Waals surface area contributed by atoms with E-state index in [-0.39, 0.29) is 17.7 Å². The van der Waals surface area contributed by atoms with Crippen molar-refractivity contribution in [3.63, 3.8) is 0 Å². The summed E-state index contributed by atoms with van der Waals surface area (Å²) in [5, 5.41) is 9.33. The van der Waals surface area contributed by atoms with E-state index < -0.39 is 5.97 Å². The van der Waals surface area contributed by atoms with Crippen LogP contribution in [0.4, 0.5) is 0 Å². The standard InChI is InChI=1S/C18H34N2O3/c1-4-7-9-15(18(22)23)11-13-19-12-8-10-16(14-19)17(21)20(5-2)6-3/h15-16H,4-14H2,1-3H3,(H,22,23). The van der Waals surface area contributed by atoms with Gasteiger partial charge in [0.05, 0.1) is 11.8 Å². The first-order valence-corrected chi connectivity index (χ1v) is 9.27. The van der Waals surface area contributed by atoms with Crippen LogP contribution in [0.2, 0.25) is 0 Å². The second-order valence-electron chi connectivity index (χ2n) is 6.62. The van der Waals surface area contributed by atoms with Gasteiger partial charge >= 0.3 is 5.97 Å². The van der Waals surface area contributed by atoms with Gasteiger partial charge in [-0.25, -0.2) is 0 Å². The number of piperidine rings is 1. The van der Waals surface area contributed by atoms with Crippen molar-refractivity contribution >= 4 is 11.9 Å². The smallest absolute Gasteiger partial charge is 0.306 e. The van der Waals surface area contributed by atoms with Crippen LogP contribution in [0.5, 0.6) is 0 Å². The second kappa shape index (κ2) is 10.6. The fourth-order valence-electron chi connectivity index (χ4n) is 3.43. The Hall–Kier alpha value is -1.10. The third-order valence-corrected chi connectivity index (χ3v) is 4.98. The molecule has 5 nitrogen and oxygen atoms in total. The molecule has 1 N–H and O–H groups in total. The number of amides is 1. The molecule has 1 fully saturated rings. The first kappa shape index (κ1) is 19.9. The molecule has 0 aromatic carbocycles. The number of hydrogen-bond donors (Lipinski definition) is 1. The summed E-state index contributed by atoms with van der Waals surface area (Å²) in [6.45, 7) is 10.2. The number of unbranched alkanes of at least 4 members (excludes halogenated alkanes) is 1. The van der Waals surface area contributed by atoms with Crippen molar-refractivity contribution in [2.45, 2.75) is 59.3 Å². The Balaban J connectivity index is 2.48. The van der Waals surface area contributed by atoms with E-state index in [1.54, 1.807) is 0 Å². The van der Waals surface area contributed by atoms with Gasteiger partial charge in [-0.15, -0.1) is 0 Å². The van der Waals surface area contributed by atoms with E-state index in [0.29, 0.717) is 6.42 Å². The maximum absolute atomic E-state index is 12.5. The van der Waals surface area contributed by atoms with Crippen LogP contribution in [0.1, 0.15) is 59.3 Å². The van der Waals surface area contributed by atoms with E-state index in [2.05, 4.69) is 11.8 Å². The lowest BCUT2D eigenvalue weighted by Gasteiger charge is -2.34. The molecule has 1 aliphatic heterocycles. The topological polar surface area (TPSA) is 60.9 Å². The summed E-state index contributed by atoms with van der Waals surface area (Å²) in [5.74, 6) is -0.567. The molecule has 0 aromatic rings. The summed E-state index contributed by atoms with van der Waals surface area (Å²) in [6, 6.07) is 0. The van der Waals surface area contributed by atoms with Gasteiger partial charge in [0.2, 0.25) is 5.91 Å². The van der Waals surface area contributed by atoms with E-state index >= 15 is 0 Å². The van der Waals surface area contributed by atoms with Gasteiger partial charge in [-0.05, 0) is 52.6 Å². The first-order valence-electron chi connectivity index (χ1n) is 9.27. The number of likely N-dealkylation sites (tertiary alicyclic amines) is 1. The molecular weight excluding hydrogens is 292 g/mol. The van der Waals surface area contributed by atoms with E-state index in [1.165, 1.54) is 0 Å². The molecule has 1 rings (SSSR count). The molecule has 134 valence electrons. The Morgan fingerprint density at radius 2 is 1.91 bits per heavy atom. The summed E-state index contributed by atoms with van der Waals surface area (Å²) in [6.07, 6.45) is 5.46. The summed E-state index contributed by atoms with van der Waals surface area (Å²) in [4.78, 5) is 28.0. The average Bonchev–Trinajstić information content (AvgIpc) is 2.55. The highest BCUT2D eigenvalue weighted by atomic mass is 16.4. The molecule has 0 spiro atoms. The summed E-state index contributed by atoms with van der Waals surface area (Å²) >= 11 is 0. The van der Waals surface area contributed by atoms with Gasteiger partial charge in [0.1, 0.15) is 0 Å². The number of aliphatic carboxylic acids is 1. The van der Waals surface area contributed by atoms with Gasteiger partial charge in [-0.3, -0.25) is 9.59 Å². The minimum atomic E-state index is -0.675. The Morgan fingerprint density at radius 1 is 1.22 bits per heavy atom. The van der Waals surface area contributed by atoms with Crippen LogP contribution < -0.4 is 0 Å². The average molecular weight is 326 g/mol. The van der Waals surface area contributed by atoms with Crippen LogP contribution in [-0.4, -0.2) is 59.5 Å². The normalized spacial score (nSPS) is 20.2. The monoisotopic (exact) mass is 326 g/mol. The van der Waals surface area contributed by atoms with Crippen LogP contribution in [0.3, 0.4) is 0 Å². The first-order chi connectivity index (χ1) is 11.0. The van der Waals surface area contributed by atoms with Crippen LogP contribution >= 0.6 is 0 Å². The molecule has 0 saturated carbocycles. The predicted molar refractivity (Wildman–Crippen MR) is 92.4 cm³/mol. The van der Waals surface area contributed by atoms with Crippen molar-refractivity contribution < 1.29 is 14.7 Å². The van der Waals surface area contributed by atoms with Crippen LogP contribution in [0.25, 0.3) is 0 Å². The SMILES string of the molecule is CCCCC(CCN1CCCC(C(=O)N(CC)CC)C1)C(=O)O. The molecule has 23 heavy (non-hydrogen) atoms. The van der Waals surface area contributed by atoms with E-state index in [1.807, 2.05) is 18.7 Å². The minimum Gasteiger partial charge on any atom is -0.481 e. The van der Waals surface area contributed by atoms with Gasteiger partial charge in [0, 0.05) is 19.6 Å². The fourth-order valence-corrected chi connectivity index (χ4v) is 3.43. The van der Waals surface area contributed by atoms with E-state index in [0.717, 1.165) is 64.8 Å². The molecule has 1 saturated heterocycles. The number of carbonyl (C=O) groups is 2. The zero-order valence-electron chi connectivity index (χ0n) is 15.1. The molecule has 2 unspecified atom stereocenters. The number of hydrogen-bond acceptors (Lipinski definition) is 3. The molecule has 0 radical (unpaired) electrons. The fraction of sp³-hybridized carbons (Fsp3) is 0.889. The van der Waals surface area contributed by atoms with Crippen molar-refractivity contribution in [1.29, 1.82) is 0 Å². The van der Waals surface area contributed by atoms with E-state index in [4.69, 9.17) is 0 Å². The summed E-state index contributed by atoms with van der Waals surface area (Å²) in [7, 11) is 0. The van der Waals surface area contributed by atoms with Crippen LogP contribution in [0, 0.1) is 11.8 Å². The summed E-state index contributed by atoms with van der Waals surface area (Å²) < 4.78 is 0. The Kier molecular flexibility index (Phi) is 9.22. The number of nitrogens with zero attached hydrogens (tertiary/aromatic N) is 2. The zero-order chi connectivity index (χ0) is 17.2. The van der Waals surface area contributed by atoms with Gasteiger partial charge in [-0.2, -0.15) is 0 Å². The quantitative estimate of drug-likeness (QED) is 0.670.